The SMILES string of the molecule is NCc1cc(Oc2cccc(F)c2F)nc2ccccc12. The van der Waals surface area contributed by atoms with Crippen LogP contribution in [0.1, 0.15) is 5.56 Å². The lowest BCUT2D eigenvalue weighted by Crippen LogP contribution is -2.00. The number of halogens is 2. The molecule has 21 heavy (non-hydrogen) atoms. The number of hydrogen-bond acceptors (Lipinski definition) is 3. The van der Waals surface area contributed by atoms with E-state index in [1.807, 2.05) is 24.3 Å². The minimum absolute atomic E-state index is 0.179. The van der Waals surface area contributed by atoms with Crippen molar-refractivity contribution in [3.05, 3.63) is 65.7 Å². The van der Waals surface area contributed by atoms with E-state index in [1.165, 1.54) is 12.1 Å². The molecule has 0 fully saturated rings. The third kappa shape index (κ3) is 2.55. The van der Waals surface area contributed by atoms with E-state index in [1.54, 1.807) is 6.07 Å². The van der Waals surface area contributed by atoms with Crippen LogP contribution in [0.4, 0.5) is 8.78 Å². The maximum Gasteiger partial charge on any atom is 0.220 e. The summed E-state index contributed by atoms with van der Waals surface area (Å²) >= 11 is 0. The zero-order chi connectivity index (χ0) is 14.8. The largest absolute Gasteiger partial charge is 0.436 e. The molecule has 3 rings (SSSR count). The van der Waals surface area contributed by atoms with Crippen LogP contribution < -0.4 is 10.5 Å². The second kappa shape index (κ2) is 5.46. The summed E-state index contributed by atoms with van der Waals surface area (Å²) in [6.45, 7) is 0.297. The third-order valence-corrected chi connectivity index (χ3v) is 3.13. The highest BCUT2D eigenvalue weighted by Gasteiger charge is 2.12. The zero-order valence-electron chi connectivity index (χ0n) is 11.0. The Balaban J connectivity index is 2.07. The van der Waals surface area contributed by atoms with Crippen LogP contribution in [0.5, 0.6) is 11.6 Å². The first kappa shape index (κ1) is 13.5. The molecule has 0 bridgehead atoms. The molecule has 0 atom stereocenters. The first-order chi connectivity index (χ1) is 10.2. The van der Waals surface area contributed by atoms with E-state index in [-0.39, 0.29) is 11.6 Å². The number of nitrogens with zero attached hydrogens (tertiary/aromatic N) is 1. The fourth-order valence-corrected chi connectivity index (χ4v) is 2.12. The topological polar surface area (TPSA) is 48.1 Å². The van der Waals surface area contributed by atoms with Crippen molar-refractivity contribution >= 4 is 10.9 Å². The van der Waals surface area contributed by atoms with E-state index in [4.69, 9.17) is 10.5 Å². The van der Waals surface area contributed by atoms with Crippen molar-refractivity contribution in [2.24, 2.45) is 5.73 Å². The van der Waals surface area contributed by atoms with Crippen LogP contribution in [0.3, 0.4) is 0 Å². The van der Waals surface area contributed by atoms with Crippen molar-refractivity contribution < 1.29 is 13.5 Å². The predicted octanol–water partition coefficient (Wildman–Crippen LogP) is 3.76. The van der Waals surface area contributed by atoms with Crippen molar-refractivity contribution in [1.29, 1.82) is 0 Å². The van der Waals surface area contributed by atoms with Gasteiger partial charge in [-0.2, -0.15) is 4.39 Å². The van der Waals surface area contributed by atoms with E-state index in [9.17, 15) is 8.78 Å². The van der Waals surface area contributed by atoms with Gasteiger partial charge < -0.3 is 10.5 Å². The number of rotatable bonds is 3. The second-order valence-electron chi connectivity index (χ2n) is 4.49. The molecule has 2 aromatic carbocycles. The quantitative estimate of drug-likeness (QED) is 0.797. The maximum atomic E-state index is 13.6. The van der Waals surface area contributed by atoms with Crippen molar-refractivity contribution in [2.75, 3.05) is 0 Å². The molecule has 0 saturated heterocycles. The molecular weight excluding hydrogens is 274 g/mol. The minimum Gasteiger partial charge on any atom is -0.436 e. The summed E-state index contributed by atoms with van der Waals surface area (Å²) in [7, 11) is 0. The molecule has 0 spiro atoms. The van der Waals surface area contributed by atoms with Gasteiger partial charge in [-0.1, -0.05) is 24.3 Å². The Bertz CT molecular complexity index is 805. The van der Waals surface area contributed by atoms with E-state index in [2.05, 4.69) is 4.98 Å². The zero-order valence-corrected chi connectivity index (χ0v) is 11.0. The monoisotopic (exact) mass is 286 g/mol. The van der Waals surface area contributed by atoms with Crippen LogP contribution in [-0.2, 0) is 6.54 Å². The lowest BCUT2D eigenvalue weighted by atomic mass is 10.1. The average molecular weight is 286 g/mol. The molecule has 5 heteroatoms. The Morgan fingerprint density at radius 2 is 1.86 bits per heavy atom. The first-order valence-electron chi connectivity index (χ1n) is 6.39. The summed E-state index contributed by atoms with van der Waals surface area (Å²) in [5.41, 5.74) is 7.23. The van der Waals surface area contributed by atoms with Gasteiger partial charge in [0.2, 0.25) is 11.7 Å². The number of aromatic nitrogens is 1. The summed E-state index contributed by atoms with van der Waals surface area (Å²) in [5.74, 6) is -2.03. The van der Waals surface area contributed by atoms with Crippen LogP contribution in [0, 0.1) is 11.6 Å². The van der Waals surface area contributed by atoms with Gasteiger partial charge in [0.1, 0.15) is 0 Å². The van der Waals surface area contributed by atoms with Gasteiger partial charge in [0, 0.05) is 18.0 Å². The van der Waals surface area contributed by atoms with Gasteiger partial charge in [-0.05, 0) is 23.8 Å². The maximum absolute atomic E-state index is 13.6. The van der Waals surface area contributed by atoms with E-state index >= 15 is 0 Å². The Kier molecular flexibility index (Phi) is 3.50. The molecule has 0 radical (unpaired) electrons. The fourth-order valence-electron chi connectivity index (χ4n) is 2.12. The second-order valence-corrected chi connectivity index (χ2v) is 4.49. The van der Waals surface area contributed by atoms with Crippen LogP contribution in [-0.4, -0.2) is 4.98 Å². The number of pyridine rings is 1. The highest BCUT2D eigenvalue weighted by Crippen LogP contribution is 2.28. The van der Waals surface area contributed by atoms with Gasteiger partial charge in [-0.15, -0.1) is 0 Å². The molecule has 1 heterocycles. The number of para-hydroxylation sites is 1. The van der Waals surface area contributed by atoms with Crippen molar-refractivity contribution in [3.8, 4) is 11.6 Å². The predicted molar refractivity (Wildman–Crippen MR) is 76.1 cm³/mol. The summed E-state index contributed by atoms with van der Waals surface area (Å²) in [6.07, 6.45) is 0. The van der Waals surface area contributed by atoms with Crippen LogP contribution in [0.15, 0.2) is 48.5 Å². The average Bonchev–Trinajstić information content (AvgIpc) is 2.51. The lowest BCUT2D eigenvalue weighted by molar-refractivity contribution is 0.406. The van der Waals surface area contributed by atoms with E-state index < -0.39 is 11.6 Å². The van der Waals surface area contributed by atoms with Gasteiger partial charge in [-0.3, -0.25) is 0 Å². The molecule has 0 aliphatic carbocycles. The number of hydrogen-bond donors (Lipinski definition) is 1. The summed E-state index contributed by atoms with van der Waals surface area (Å²) in [4.78, 5) is 4.28. The normalized spacial score (nSPS) is 10.8. The molecule has 0 aliphatic heterocycles. The summed E-state index contributed by atoms with van der Waals surface area (Å²) in [5, 5.41) is 0.909. The van der Waals surface area contributed by atoms with Crippen molar-refractivity contribution in [2.45, 2.75) is 6.54 Å². The van der Waals surface area contributed by atoms with E-state index in [0.29, 0.717) is 12.1 Å². The van der Waals surface area contributed by atoms with Crippen molar-refractivity contribution in [1.82, 2.24) is 4.98 Å². The highest BCUT2D eigenvalue weighted by atomic mass is 19.2. The van der Waals surface area contributed by atoms with Crippen LogP contribution in [0.25, 0.3) is 10.9 Å². The molecule has 0 amide bonds. The highest BCUT2D eigenvalue weighted by molar-refractivity contribution is 5.82. The Labute approximate surface area is 120 Å². The molecule has 3 nitrogen and oxygen atoms in total. The molecule has 3 aromatic rings. The summed E-state index contributed by atoms with van der Waals surface area (Å²) in [6, 6.07) is 12.8. The van der Waals surface area contributed by atoms with Crippen LogP contribution >= 0.6 is 0 Å². The molecule has 0 saturated carbocycles. The number of benzene rings is 2. The Hall–Kier alpha value is -2.53. The number of fused-ring (bicyclic) bond motifs is 1. The number of nitrogens with two attached hydrogens (primary N) is 1. The molecular formula is C16H12F2N2O. The fraction of sp³-hybridized carbons (Fsp3) is 0.0625. The molecule has 0 unspecified atom stereocenters. The third-order valence-electron chi connectivity index (χ3n) is 3.13. The molecule has 2 N–H and O–H groups in total. The van der Waals surface area contributed by atoms with Gasteiger partial charge in [0.15, 0.2) is 11.6 Å². The van der Waals surface area contributed by atoms with Gasteiger partial charge in [-0.25, -0.2) is 9.37 Å². The summed E-state index contributed by atoms with van der Waals surface area (Å²) < 4.78 is 32.2. The molecule has 106 valence electrons. The van der Waals surface area contributed by atoms with Gasteiger partial charge >= 0.3 is 0 Å². The lowest BCUT2D eigenvalue weighted by Gasteiger charge is -2.10. The van der Waals surface area contributed by atoms with Gasteiger partial charge in [0.05, 0.1) is 5.52 Å². The Morgan fingerprint density at radius 1 is 1.05 bits per heavy atom. The molecule has 0 aliphatic rings. The minimum atomic E-state index is -1.04. The Morgan fingerprint density at radius 3 is 2.67 bits per heavy atom. The van der Waals surface area contributed by atoms with Crippen molar-refractivity contribution in [3.63, 3.8) is 0 Å². The number of ether oxygens (including phenoxy) is 1. The van der Waals surface area contributed by atoms with Crippen LogP contribution in [0.2, 0.25) is 0 Å². The standard InChI is InChI=1S/C16H12F2N2O/c17-12-5-3-7-14(16(12)18)21-15-8-10(9-19)11-4-1-2-6-13(11)20-15/h1-8H,9,19H2. The molecule has 1 aromatic heterocycles. The smallest absolute Gasteiger partial charge is 0.220 e. The van der Waals surface area contributed by atoms with Gasteiger partial charge in [0.25, 0.3) is 0 Å². The first-order valence-corrected chi connectivity index (χ1v) is 6.39. The van der Waals surface area contributed by atoms with E-state index in [0.717, 1.165) is 17.0 Å².